The van der Waals surface area contributed by atoms with Gasteiger partial charge >= 0.3 is 0 Å². The Bertz CT molecular complexity index is 991. The van der Waals surface area contributed by atoms with E-state index in [1.807, 2.05) is 0 Å². The summed E-state index contributed by atoms with van der Waals surface area (Å²) in [6.45, 7) is 4.66. The van der Waals surface area contributed by atoms with E-state index in [4.69, 9.17) is 4.52 Å². The molecule has 1 saturated carbocycles. The molecule has 1 atom stereocenters. The van der Waals surface area contributed by atoms with Crippen LogP contribution in [0.3, 0.4) is 0 Å². The van der Waals surface area contributed by atoms with Gasteiger partial charge in [-0.1, -0.05) is 17.3 Å². The second kappa shape index (κ2) is 7.29. The van der Waals surface area contributed by atoms with Gasteiger partial charge < -0.3 is 9.42 Å². The number of aryl methyl sites for hydroxylation is 1. The van der Waals surface area contributed by atoms with Crippen LogP contribution < -0.4 is 4.72 Å². The molecule has 1 saturated heterocycles. The smallest absolute Gasteiger partial charge is 0.241 e. The molecule has 9 heteroatoms. The molecule has 1 aromatic carbocycles. The number of benzene rings is 1. The van der Waals surface area contributed by atoms with Crippen molar-refractivity contribution in [2.75, 3.05) is 13.1 Å². The highest BCUT2D eigenvalue weighted by molar-refractivity contribution is 7.89. The zero-order valence-corrected chi connectivity index (χ0v) is 16.8. The molecule has 1 unspecified atom stereocenters. The molecular formula is C19H24N4O4S. The summed E-state index contributed by atoms with van der Waals surface area (Å²) in [5.74, 6) is 1.11. The fourth-order valence-electron chi connectivity index (χ4n) is 3.44. The highest BCUT2D eigenvalue weighted by Crippen LogP contribution is 2.39. The van der Waals surface area contributed by atoms with Gasteiger partial charge in [0.15, 0.2) is 0 Å². The second-order valence-electron chi connectivity index (χ2n) is 7.59. The summed E-state index contributed by atoms with van der Waals surface area (Å²) in [7, 11) is -3.88. The Hall–Kier alpha value is -2.26. The molecule has 2 heterocycles. The van der Waals surface area contributed by atoms with Gasteiger partial charge in [0.1, 0.15) is 0 Å². The van der Waals surface area contributed by atoms with E-state index in [-0.39, 0.29) is 10.8 Å². The summed E-state index contributed by atoms with van der Waals surface area (Å²) in [5, 5.41) is 3.98. The van der Waals surface area contributed by atoms with Crippen molar-refractivity contribution in [3.05, 3.63) is 29.7 Å². The minimum absolute atomic E-state index is 0.115. The number of aromatic nitrogens is 2. The second-order valence-corrected chi connectivity index (χ2v) is 9.27. The van der Waals surface area contributed by atoms with Crippen LogP contribution in [0, 0.1) is 6.92 Å². The summed E-state index contributed by atoms with van der Waals surface area (Å²) in [6.07, 6.45) is 4.00. The minimum atomic E-state index is -3.88. The Labute approximate surface area is 164 Å². The predicted octanol–water partition coefficient (Wildman–Crippen LogP) is 2.21. The lowest BCUT2D eigenvalue weighted by Gasteiger charge is -2.21. The highest BCUT2D eigenvalue weighted by Gasteiger charge is 2.31. The van der Waals surface area contributed by atoms with Gasteiger partial charge in [0.05, 0.1) is 10.9 Å². The van der Waals surface area contributed by atoms with Crippen molar-refractivity contribution < 1.29 is 17.7 Å². The zero-order valence-electron chi connectivity index (χ0n) is 16.0. The molecule has 28 heavy (non-hydrogen) atoms. The molecule has 150 valence electrons. The predicted molar refractivity (Wildman–Crippen MR) is 102 cm³/mol. The van der Waals surface area contributed by atoms with Crippen LogP contribution in [0.5, 0.6) is 0 Å². The van der Waals surface area contributed by atoms with Crippen LogP contribution in [0.4, 0.5) is 0 Å². The lowest BCUT2D eigenvalue weighted by Crippen LogP contribution is -2.45. The molecule has 1 aromatic heterocycles. The average Bonchev–Trinajstić information content (AvgIpc) is 3.16. The number of likely N-dealkylation sites (tertiary alicyclic amines) is 1. The van der Waals surface area contributed by atoms with Crippen molar-refractivity contribution in [1.82, 2.24) is 19.8 Å². The molecule has 1 aliphatic heterocycles. The number of hydrogen-bond donors (Lipinski definition) is 1. The van der Waals surface area contributed by atoms with Gasteiger partial charge in [0, 0.05) is 24.6 Å². The highest BCUT2D eigenvalue weighted by atomic mass is 32.2. The quantitative estimate of drug-likeness (QED) is 0.791. The minimum Gasteiger partial charge on any atom is -0.341 e. The number of nitrogens with one attached hydrogen (secondary N) is 1. The number of hydrogen-bond acceptors (Lipinski definition) is 6. The third kappa shape index (κ3) is 3.81. The van der Waals surface area contributed by atoms with Gasteiger partial charge in [-0.3, -0.25) is 4.79 Å². The number of carbonyl (C=O) groups excluding carboxylic acids is 1. The van der Waals surface area contributed by atoms with E-state index in [0.29, 0.717) is 41.8 Å². The summed E-state index contributed by atoms with van der Waals surface area (Å²) in [4.78, 5) is 18.7. The van der Waals surface area contributed by atoms with E-state index in [9.17, 15) is 13.2 Å². The first-order chi connectivity index (χ1) is 13.3. The van der Waals surface area contributed by atoms with Gasteiger partial charge in [0.25, 0.3) is 0 Å². The van der Waals surface area contributed by atoms with Gasteiger partial charge in [-0.25, -0.2) is 8.42 Å². The number of rotatable bonds is 6. The Kier molecular flexibility index (Phi) is 4.96. The van der Waals surface area contributed by atoms with Crippen molar-refractivity contribution in [3.63, 3.8) is 0 Å². The summed E-state index contributed by atoms with van der Waals surface area (Å²) < 4.78 is 33.7. The van der Waals surface area contributed by atoms with Crippen LogP contribution >= 0.6 is 0 Å². The lowest BCUT2D eigenvalue weighted by atomic mass is 10.1. The van der Waals surface area contributed by atoms with Crippen LogP contribution in [-0.4, -0.2) is 48.5 Å². The van der Waals surface area contributed by atoms with Gasteiger partial charge in [0.2, 0.25) is 27.6 Å². The fraction of sp³-hybridized carbons (Fsp3) is 0.526. The monoisotopic (exact) mass is 404 g/mol. The fourth-order valence-corrected chi connectivity index (χ4v) is 4.90. The maximum atomic E-state index is 12.9. The van der Waals surface area contributed by atoms with E-state index in [0.717, 1.165) is 25.7 Å². The van der Waals surface area contributed by atoms with Crippen LogP contribution in [0.1, 0.15) is 50.0 Å². The van der Waals surface area contributed by atoms with E-state index in [1.54, 1.807) is 30.9 Å². The Morgan fingerprint density at radius 2 is 2.00 bits per heavy atom. The number of carbonyl (C=O) groups is 1. The van der Waals surface area contributed by atoms with Gasteiger partial charge in [-0.05, 0) is 51.2 Å². The van der Waals surface area contributed by atoms with Crippen molar-refractivity contribution in [3.8, 4) is 11.4 Å². The molecule has 0 spiro atoms. The van der Waals surface area contributed by atoms with Crippen molar-refractivity contribution >= 4 is 15.9 Å². The molecule has 2 aliphatic rings. The third-order valence-corrected chi connectivity index (χ3v) is 6.91. The standard InChI is InChI=1S/C19H24N4O4S/c1-12-5-6-15(17-20-18(27-21-17)14-7-8-14)11-16(12)28(25,26)22-13(2)19(24)23-9-3-4-10-23/h5-6,11,13-14,22H,3-4,7-10H2,1-2H3. The number of sulfonamides is 1. The first kappa shape index (κ1) is 19.1. The maximum Gasteiger partial charge on any atom is 0.241 e. The normalized spacial score (nSPS) is 18.4. The Balaban J connectivity index is 1.56. The van der Waals surface area contributed by atoms with Crippen molar-refractivity contribution in [2.45, 2.75) is 56.4 Å². The molecule has 1 amide bonds. The average molecular weight is 404 g/mol. The first-order valence-electron chi connectivity index (χ1n) is 9.61. The largest absolute Gasteiger partial charge is 0.341 e. The van der Waals surface area contributed by atoms with E-state index >= 15 is 0 Å². The topological polar surface area (TPSA) is 105 Å². The summed E-state index contributed by atoms with van der Waals surface area (Å²) in [5.41, 5.74) is 1.16. The summed E-state index contributed by atoms with van der Waals surface area (Å²) >= 11 is 0. The molecule has 2 fully saturated rings. The van der Waals surface area contributed by atoms with Crippen LogP contribution in [0.25, 0.3) is 11.4 Å². The molecule has 8 nitrogen and oxygen atoms in total. The van der Waals surface area contributed by atoms with Gasteiger partial charge in [-0.2, -0.15) is 9.71 Å². The molecule has 1 aliphatic carbocycles. The summed E-state index contributed by atoms with van der Waals surface area (Å²) in [6, 6.07) is 4.20. The van der Waals surface area contributed by atoms with E-state index < -0.39 is 16.1 Å². The molecule has 0 radical (unpaired) electrons. The first-order valence-corrected chi connectivity index (χ1v) is 11.1. The molecule has 2 aromatic rings. The van der Waals surface area contributed by atoms with Crippen LogP contribution in [0.2, 0.25) is 0 Å². The molecular weight excluding hydrogens is 380 g/mol. The lowest BCUT2D eigenvalue weighted by molar-refractivity contribution is -0.131. The molecule has 0 bridgehead atoms. The number of amides is 1. The molecule has 1 N–H and O–H groups in total. The Morgan fingerprint density at radius 1 is 1.29 bits per heavy atom. The van der Waals surface area contributed by atoms with Crippen LogP contribution in [-0.2, 0) is 14.8 Å². The Morgan fingerprint density at radius 3 is 2.68 bits per heavy atom. The number of nitrogens with zero attached hydrogens (tertiary/aromatic N) is 3. The van der Waals surface area contributed by atoms with E-state index in [1.165, 1.54) is 6.07 Å². The zero-order chi connectivity index (χ0) is 19.9. The van der Waals surface area contributed by atoms with Crippen molar-refractivity contribution in [2.24, 2.45) is 0 Å². The third-order valence-electron chi connectivity index (χ3n) is 5.22. The van der Waals surface area contributed by atoms with E-state index in [2.05, 4.69) is 14.9 Å². The maximum absolute atomic E-state index is 12.9. The van der Waals surface area contributed by atoms with Crippen molar-refractivity contribution in [1.29, 1.82) is 0 Å². The van der Waals surface area contributed by atoms with Crippen LogP contribution in [0.15, 0.2) is 27.6 Å². The SMILES string of the molecule is Cc1ccc(-c2noc(C3CC3)n2)cc1S(=O)(=O)NC(C)C(=O)N1CCCC1. The molecule has 4 rings (SSSR count). The van der Waals surface area contributed by atoms with Gasteiger partial charge in [-0.15, -0.1) is 0 Å².